The summed E-state index contributed by atoms with van der Waals surface area (Å²) in [4.78, 5) is 28.7. The van der Waals surface area contributed by atoms with E-state index in [1.54, 1.807) is 43.2 Å². The zero-order valence-corrected chi connectivity index (χ0v) is 20.6. The third-order valence-corrected chi connectivity index (χ3v) is 6.70. The molecule has 2 unspecified atom stereocenters. The summed E-state index contributed by atoms with van der Waals surface area (Å²) in [6.45, 7) is 1.38. The van der Waals surface area contributed by atoms with Gasteiger partial charge in [0.15, 0.2) is 5.78 Å². The number of piperidine rings is 1. The molecule has 2 atom stereocenters. The van der Waals surface area contributed by atoms with Crippen molar-refractivity contribution in [2.75, 3.05) is 27.2 Å². The van der Waals surface area contributed by atoms with Gasteiger partial charge < -0.3 is 4.90 Å². The fourth-order valence-corrected chi connectivity index (χ4v) is 4.36. The average Bonchev–Trinajstić information content (AvgIpc) is 3.52. The van der Waals surface area contributed by atoms with Crippen molar-refractivity contribution in [1.82, 2.24) is 19.6 Å². The van der Waals surface area contributed by atoms with E-state index in [4.69, 9.17) is 12.6 Å². The standard InChI is InChI=1S/C24H29FN4O2S.ClH/c1-27(2)22(30)15-29-12-9-18(26-29)13-17-14-28(11-10-21(17)32)23(24(31)16-7-8-16)19-5-3-4-6-20(19)25;/h3-6,9,12-13,16,21,23,32H,7-8,10-11,14-15H2,1-2H3;1H/b17-13-;. The van der Waals surface area contributed by atoms with Crippen LogP contribution in [0, 0.1) is 11.7 Å². The Hall–Kier alpha value is -2.16. The van der Waals surface area contributed by atoms with Crippen molar-refractivity contribution in [2.45, 2.75) is 37.1 Å². The number of carbonyl (C=O) groups is 2. The van der Waals surface area contributed by atoms with Crippen molar-refractivity contribution in [3.8, 4) is 0 Å². The van der Waals surface area contributed by atoms with Crippen LogP contribution in [0.25, 0.3) is 6.08 Å². The van der Waals surface area contributed by atoms with Crippen molar-refractivity contribution < 1.29 is 14.0 Å². The second kappa shape index (κ2) is 10.8. The molecular weight excluding hydrogens is 463 g/mol. The molecule has 1 aromatic heterocycles. The summed E-state index contributed by atoms with van der Waals surface area (Å²) >= 11 is 4.75. The lowest BCUT2D eigenvalue weighted by Crippen LogP contribution is -2.42. The molecule has 2 aliphatic rings. The summed E-state index contributed by atoms with van der Waals surface area (Å²) in [5, 5.41) is 4.53. The zero-order chi connectivity index (χ0) is 22.8. The number of nitrogens with zero attached hydrogens (tertiary/aromatic N) is 4. The van der Waals surface area contributed by atoms with Gasteiger partial charge in [-0.15, -0.1) is 12.4 Å². The van der Waals surface area contributed by atoms with Crippen molar-refractivity contribution in [3.63, 3.8) is 0 Å². The first-order valence-corrected chi connectivity index (χ1v) is 11.5. The summed E-state index contributed by atoms with van der Waals surface area (Å²) in [7, 11) is 3.43. The molecule has 1 saturated carbocycles. The molecular formula is C24H30ClFN4O2S. The second-order valence-electron chi connectivity index (χ2n) is 8.82. The Bertz CT molecular complexity index is 1040. The van der Waals surface area contributed by atoms with Crippen LogP contribution < -0.4 is 0 Å². The normalized spacial score (nSPS) is 20.8. The van der Waals surface area contributed by atoms with Crippen LogP contribution in [0.4, 0.5) is 4.39 Å². The smallest absolute Gasteiger partial charge is 0.243 e. The molecule has 178 valence electrons. The number of amides is 1. The molecule has 0 bridgehead atoms. The molecule has 1 aliphatic heterocycles. The summed E-state index contributed by atoms with van der Waals surface area (Å²) in [6.07, 6.45) is 6.29. The Kier molecular flexibility index (Phi) is 8.37. The van der Waals surface area contributed by atoms with E-state index >= 15 is 0 Å². The van der Waals surface area contributed by atoms with Gasteiger partial charge in [-0.2, -0.15) is 17.7 Å². The van der Waals surface area contributed by atoms with Gasteiger partial charge in [-0.05, 0) is 43.0 Å². The predicted octanol–water partition coefficient (Wildman–Crippen LogP) is 3.64. The number of hydrogen-bond donors (Lipinski definition) is 1. The SMILES string of the molecule is CN(C)C(=O)Cn1ccc(/C=C2/CN(C(C(=O)C3CC3)c3ccccc3F)CCC2S)n1.Cl. The molecule has 2 fully saturated rings. The summed E-state index contributed by atoms with van der Waals surface area (Å²) in [5.74, 6) is -0.229. The van der Waals surface area contributed by atoms with Gasteiger partial charge in [0.05, 0.1) is 11.7 Å². The quantitative estimate of drug-likeness (QED) is 0.599. The maximum atomic E-state index is 14.7. The summed E-state index contributed by atoms with van der Waals surface area (Å²) in [6, 6.07) is 7.86. The van der Waals surface area contributed by atoms with E-state index in [-0.39, 0.29) is 47.6 Å². The average molecular weight is 493 g/mol. The number of benzene rings is 1. The van der Waals surface area contributed by atoms with Crippen LogP contribution in [-0.4, -0.2) is 63.7 Å². The highest BCUT2D eigenvalue weighted by Crippen LogP contribution is 2.39. The van der Waals surface area contributed by atoms with Crippen LogP contribution in [0.2, 0.25) is 0 Å². The van der Waals surface area contributed by atoms with E-state index in [9.17, 15) is 14.0 Å². The van der Waals surface area contributed by atoms with Crippen molar-refractivity contribution in [2.24, 2.45) is 5.92 Å². The topological polar surface area (TPSA) is 58.4 Å². The largest absolute Gasteiger partial charge is 0.347 e. The number of aromatic nitrogens is 2. The molecule has 1 amide bonds. The highest BCUT2D eigenvalue weighted by atomic mass is 35.5. The highest BCUT2D eigenvalue weighted by molar-refractivity contribution is 7.81. The van der Waals surface area contributed by atoms with E-state index in [0.29, 0.717) is 18.7 Å². The Morgan fingerprint density at radius 2 is 1.97 bits per heavy atom. The number of ketones is 1. The molecule has 9 heteroatoms. The van der Waals surface area contributed by atoms with Gasteiger partial charge in [-0.3, -0.25) is 19.2 Å². The Morgan fingerprint density at radius 3 is 2.64 bits per heavy atom. The molecule has 0 N–H and O–H groups in total. The van der Waals surface area contributed by atoms with Gasteiger partial charge in [0.25, 0.3) is 0 Å². The molecule has 4 rings (SSSR count). The Balaban J connectivity index is 0.00000306. The molecule has 2 aromatic rings. The van der Waals surface area contributed by atoms with E-state index in [1.165, 1.54) is 11.0 Å². The van der Waals surface area contributed by atoms with Gasteiger partial charge in [-0.1, -0.05) is 18.2 Å². The molecule has 0 spiro atoms. The fraction of sp³-hybridized carbons (Fsp3) is 0.458. The van der Waals surface area contributed by atoms with Crippen molar-refractivity contribution in [3.05, 3.63) is 59.2 Å². The van der Waals surface area contributed by atoms with Crippen molar-refractivity contribution in [1.29, 1.82) is 0 Å². The van der Waals surface area contributed by atoms with Crippen LogP contribution in [0.15, 0.2) is 42.1 Å². The van der Waals surface area contributed by atoms with E-state index in [0.717, 1.165) is 30.5 Å². The minimum absolute atomic E-state index is 0. The molecule has 33 heavy (non-hydrogen) atoms. The summed E-state index contributed by atoms with van der Waals surface area (Å²) < 4.78 is 16.3. The lowest BCUT2D eigenvalue weighted by Gasteiger charge is -2.37. The first kappa shape index (κ1) is 25.5. The third kappa shape index (κ3) is 6.05. The van der Waals surface area contributed by atoms with Gasteiger partial charge in [-0.25, -0.2) is 4.39 Å². The van der Waals surface area contributed by atoms with Gasteiger partial charge >= 0.3 is 0 Å². The highest BCUT2D eigenvalue weighted by Gasteiger charge is 2.40. The maximum Gasteiger partial charge on any atom is 0.243 e. The van der Waals surface area contributed by atoms with Gasteiger partial charge in [0.2, 0.25) is 5.91 Å². The lowest BCUT2D eigenvalue weighted by molar-refractivity contribution is -0.129. The van der Waals surface area contributed by atoms with Crippen LogP contribution in [-0.2, 0) is 16.1 Å². The molecule has 6 nitrogen and oxygen atoms in total. The minimum atomic E-state index is -0.580. The molecule has 1 aliphatic carbocycles. The van der Waals surface area contributed by atoms with E-state index in [2.05, 4.69) is 10.00 Å². The zero-order valence-electron chi connectivity index (χ0n) is 18.9. The van der Waals surface area contributed by atoms with Crippen LogP contribution in [0.3, 0.4) is 0 Å². The number of halogens is 2. The summed E-state index contributed by atoms with van der Waals surface area (Å²) in [5.41, 5.74) is 2.23. The van der Waals surface area contributed by atoms with E-state index < -0.39 is 6.04 Å². The monoisotopic (exact) mass is 492 g/mol. The molecule has 2 heterocycles. The lowest BCUT2D eigenvalue weighted by atomic mass is 9.93. The fourth-order valence-electron chi connectivity index (χ4n) is 4.08. The van der Waals surface area contributed by atoms with E-state index in [1.807, 2.05) is 12.1 Å². The number of thiol groups is 1. The number of rotatable bonds is 7. The first-order chi connectivity index (χ1) is 15.3. The molecule has 1 aromatic carbocycles. The minimum Gasteiger partial charge on any atom is -0.347 e. The number of likely N-dealkylation sites (N-methyl/N-ethyl adjacent to an activating group) is 1. The third-order valence-electron chi connectivity index (χ3n) is 6.11. The van der Waals surface area contributed by atoms with Crippen LogP contribution >= 0.6 is 25.0 Å². The van der Waals surface area contributed by atoms with Crippen molar-refractivity contribution >= 4 is 42.8 Å². The molecule has 1 saturated heterocycles. The number of hydrogen-bond acceptors (Lipinski definition) is 5. The van der Waals surface area contributed by atoms with Crippen LogP contribution in [0.5, 0.6) is 0 Å². The maximum absolute atomic E-state index is 14.7. The first-order valence-electron chi connectivity index (χ1n) is 11.0. The van der Waals surface area contributed by atoms with Crippen LogP contribution in [0.1, 0.15) is 36.6 Å². The number of carbonyl (C=O) groups excluding carboxylic acids is 2. The van der Waals surface area contributed by atoms with Gasteiger partial charge in [0.1, 0.15) is 12.4 Å². The second-order valence-corrected chi connectivity index (χ2v) is 9.44. The number of Topliss-reactive ketones (excluding diaryl/α,β-unsaturated/α-hetero) is 1. The Morgan fingerprint density at radius 1 is 1.24 bits per heavy atom. The Labute approximate surface area is 205 Å². The molecule has 0 radical (unpaired) electrons. The predicted molar refractivity (Wildman–Crippen MR) is 132 cm³/mol. The number of likely N-dealkylation sites (tertiary alicyclic amines) is 1. The van der Waals surface area contributed by atoms with Gasteiger partial charge in [0, 0.05) is 50.1 Å².